The van der Waals surface area contributed by atoms with Crippen LogP contribution in [0.5, 0.6) is 0 Å². The molecule has 1 aromatic heterocycles. The van der Waals surface area contributed by atoms with Crippen LogP contribution in [0, 0.1) is 17.8 Å². The minimum atomic E-state index is -0.129. The summed E-state index contributed by atoms with van der Waals surface area (Å²) in [4.78, 5) is 23.7. The Morgan fingerprint density at radius 3 is 2.90 bits per heavy atom. The SMILES string of the molecule is C[C@H](NC(=O)Cn1ccccc1=O)[C@H]1C[C@@H]2CC[C@@H]1C2. The number of aromatic nitrogens is 1. The molecule has 20 heavy (non-hydrogen) atoms. The summed E-state index contributed by atoms with van der Waals surface area (Å²) < 4.78 is 1.45. The van der Waals surface area contributed by atoms with Gasteiger partial charge in [-0.2, -0.15) is 0 Å². The number of hydrogen-bond acceptors (Lipinski definition) is 2. The Labute approximate surface area is 119 Å². The van der Waals surface area contributed by atoms with Crippen LogP contribution in [0.25, 0.3) is 0 Å². The second-order valence-electron chi connectivity index (χ2n) is 6.36. The van der Waals surface area contributed by atoms with Crippen molar-refractivity contribution in [3.8, 4) is 0 Å². The van der Waals surface area contributed by atoms with E-state index in [4.69, 9.17) is 0 Å². The standard InChI is InChI=1S/C16H22N2O2/c1-11(14-9-12-5-6-13(14)8-12)17-15(19)10-18-7-3-2-4-16(18)20/h2-4,7,11-14H,5-6,8-10H2,1H3,(H,17,19)/t11-,12+,13+,14+/m0/s1. The predicted octanol–water partition coefficient (Wildman–Crippen LogP) is 1.79. The summed E-state index contributed by atoms with van der Waals surface area (Å²) in [6.07, 6.45) is 6.97. The van der Waals surface area contributed by atoms with Gasteiger partial charge in [-0.1, -0.05) is 12.5 Å². The minimum absolute atomic E-state index is 0.0615. The molecule has 0 radical (unpaired) electrons. The van der Waals surface area contributed by atoms with Gasteiger partial charge in [0, 0.05) is 18.3 Å². The van der Waals surface area contributed by atoms with E-state index in [1.807, 2.05) is 0 Å². The smallest absolute Gasteiger partial charge is 0.250 e. The van der Waals surface area contributed by atoms with E-state index in [1.165, 1.54) is 36.3 Å². The number of carbonyl (C=O) groups excluding carboxylic acids is 1. The van der Waals surface area contributed by atoms with Gasteiger partial charge < -0.3 is 9.88 Å². The molecule has 0 saturated heterocycles. The normalized spacial score (nSPS) is 29.4. The molecule has 1 N–H and O–H groups in total. The van der Waals surface area contributed by atoms with Crippen LogP contribution in [0.3, 0.4) is 0 Å². The second kappa shape index (κ2) is 5.43. The lowest BCUT2D eigenvalue weighted by Gasteiger charge is -2.28. The molecule has 0 unspecified atom stereocenters. The molecule has 2 saturated carbocycles. The van der Waals surface area contributed by atoms with E-state index in [1.54, 1.807) is 18.3 Å². The number of hydrogen-bond donors (Lipinski definition) is 1. The zero-order valence-corrected chi connectivity index (χ0v) is 11.9. The molecule has 4 heteroatoms. The quantitative estimate of drug-likeness (QED) is 0.910. The third-order valence-corrected chi connectivity index (χ3v) is 5.04. The topological polar surface area (TPSA) is 51.1 Å². The van der Waals surface area contributed by atoms with Gasteiger partial charge in [-0.3, -0.25) is 9.59 Å². The lowest BCUT2D eigenvalue weighted by molar-refractivity contribution is -0.122. The van der Waals surface area contributed by atoms with Crippen LogP contribution < -0.4 is 10.9 Å². The van der Waals surface area contributed by atoms with Crippen molar-refractivity contribution < 1.29 is 4.79 Å². The molecule has 1 heterocycles. The Morgan fingerprint density at radius 1 is 1.40 bits per heavy atom. The molecule has 0 aliphatic heterocycles. The van der Waals surface area contributed by atoms with Crippen molar-refractivity contribution in [1.29, 1.82) is 0 Å². The molecular weight excluding hydrogens is 252 g/mol. The van der Waals surface area contributed by atoms with Gasteiger partial charge in [-0.25, -0.2) is 0 Å². The summed E-state index contributed by atoms with van der Waals surface area (Å²) in [5.74, 6) is 2.26. The first-order valence-corrected chi connectivity index (χ1v) is 7.58. The third-order valence-electron chi connectivity index (χ3n) is 5.04. The van der Waals surface area contributed by atoms with E-state index in [0.717, 1.165) is 11.8 Å². The number of pyridine rings is 1. The van der Waals surface area contributed by atoms with Crippen molar-refractivity contribution in [3.63, 3.8) is 0 Å². The highest BCUT2D eigenvalue weighted by Crippen LogP contribution is 2.49. The van der Waals surface area contributed by atoms with Gasteiger partial charge in [-0.05, 0) is 50.0 Å². The predicted molar refractivity (Wildman–Crippen MR) is 77.2 cm³/mol. The number of rotatable bonds is 4. The van der Waals surface area contributed by atoms with Crippen LogP contribution >= 0.6 is 0 Å². The first-order valence-electron chi connectivity index (χ1n) is 7.58. The molecule has 3 rings (SSSR count). The van der Waals surface area contributed by atoms with Gasteiger partial charge in [0.15, 0.2) is 0 Å². The summed E-state index contributed by atoms with van der Waals surface area (Å²) in [6.45, 7) is 2.22. The van der Waals surface area contributed by atoms with Gasteiger partial charge in [0.05, 0.1) is 0 Å². The average molecular weight is 274 g/mol. The molecule has 2 fully saturated rings. The summed E-state index contributed by atoms with van der Waals surface area (Å²) >= 11 is 0. The Bertz CT molecular complexity index is 551. The lowest BCUT2D eigenvalue weighted by atomic mass is 9.84. The van der Waals surface area contributed by atoms with Crippen molar-refractivity contribution in [2.24, 2.45) is 17.8 Å². The highest BCUT2D eigenvalue weighted by Gasteiger charge is 2.42. The Morgan fingerprint density at radius 2 is 2.25 bits per heavy atom. The van der Waals surface area contributed by atoms with Crippen molar-refractivity contribution in [2.75, 3.05) is 0 Å². The number of carbonyl (C=O) groups is 1. The van der Waals surface area contributed by atoms with Gasteiger partial charge in [-0.15, -0.1) is 0 Å². The summed E-state index contributed by atoms with van der Waals surface area (Å²) in [7, 11) is 0. The maximum Gasteiger partial charge on any atom is 0.250 e. The monoisotopic (exact) mass is 274 g/mol. The zero-order chi connectivity index (χ0) is 14.1. The molecule has 2 bridgehead atoms. The van der Waals surface area contributed by atoms with Crippen molar-refractivity contribution in [2.45, 2.75) is 45.2 Å². The summed E-state index contributed by atoms with van der Waals surface area (Å²) in [6, 6.07) is 5.16. The Kier molecular flexibility index (Phi) is 3.64. The molecule has 4 nitrogen and oxygen atoms in total. The average Bonchev–Trinajstić information content (AvgIpc) is 3.03. The van der Waals surface area contributed by atoms with Gasteiger partial charge in [0.25, 0.3) is 5.56 Å². The maximum absolute atomic E-state index is 12.1. The minimum Gasteiger partial charge on any atom is -0.352 e. The molecular formula is C16H22N2O2. The number of nitrogens with one attached hydrogen (secondary N) is 1. The first kappa shape index (κ1) is 13.4. The van der Waals surface area contributed by atoms with Gasteiger partial charge >= 0.3 is 0 Å². The molecule has 108 valence electrons. The third kappa shape index (κ3) is 2.65. The van der Waals surface area contributed by atoms with Crippen LogP contribution in [-0.4, -0.2) is 16.5 Å². The Balaban J connectivity index is 1.56. The largest absolute Gasteiger partial charge is 0.352 e. The van der Waals surface area contributed by atoms with Crippen LogP contribution in [0.1, 0.15) is 32.6 Å². The van der Waals surface area contributed by atoms with E-state index < -0.39 is 0 Å². The maximum atomic E-state index is 12.1. The molecule has 0 aromatic carbocycles. The molecule has 2 aliphatic rings. The molecule has 4 atom stereocenters. The van der Waals surface area contributed by atoms with Crippen molar-refractivity contribution >= 4 is 5.91 Å². The molecule has 0 spiro atoms. The Hall–Kier alpha value is -1.58. The van der Waals surface area contributed by atoms with E-state index in [2.05, 4.69) is 12.2 Å². The fourth-order valence-corrected chi connectivity index (χ4v) is 4.06. The highest BCUT2D eigenvalue weighted by atomic mass is 16.2. The number of amides is 1. The van der Waals surface area contributed by atoms with E-state index in [0.29, 0.717) is 5.92 Å². The lowest BCUT2D eigenvalue weighted by Crippen LogP contribution is -2.42. The number of nitrogens with zero attached hydrogens (tertiary/aromatic N) is 1. The fraction of sp³-hybridized carbons (Fsp3) is 0.625. The van der Waals surface area contributed by atoms with E-state index in [9.17, 15) is 9.59 Å². The fourth-order valence-electron chi connectivity index (χ4n) is 4.06. The van der Waals surface area contributed by atoms with E-state index >= 15 is 0 Å². The molecule has 1 aromatic rings. The van der Waals surface area contributed by atoms with Crippen LogP contribution in [-0.2, 0) is 11.3 Å². The van der Waals surface area contributed by atoms with Crippen molar-refractivity contribution in [1.82, 2.24) is 9.88 Å². The van der Waals surface area contributed by atoms with Gasteiger partial charge in [0.2, 0.25) is 5.91 Å². The molecule has 1 amide bonds. The summed E-state index contributed by atoms with van der Waals surface area (Å²) in [5.41, 5.74) is -0.129. The van der Waals surface area contributed by atoms with Crippen molar-refractivity contribution in [3.05, 3.63) is 34.7 Å². The number of fused-ring (bicyclic) bond motifs is 2. The summed E-state index contributed by atoms with van der Waals surface area (Å²) in [5, 5.41) is 3.08. The van der Waals surface area contributed by atoms with Crippen LogP contribution in [0.15, 0.2) is 29.2 Å². The van der Waals surface area contributed by atoms with Crippen LogP contribution in [0.4, 0.5) is 0 Å². The highest BCUT2D eigenvalue weighted by molar-refractivity contribution is 5.76. The van der Waals surface area contributed by atoms with E-state index in [-0.39, 0.29) is 24.1 Å². The van der Waals surface area contributed by atoms with Crippen LogP contribution in [0.2, 0.25) is 0 Å². The zero-order valence-electron chi connectivity index (χ0n) is 11.9. The van der Waals surface area contributed by atoms with Gasteiger partial charge in [0.1, 0.15) is 6.54 Å². The molecule has 2 aliphatic carbocycles. The second-order valence-corrected chi connectivity index (χ2v) is 6.36. The first-order chi connectivity index (χ1) is 9.63.